The van der Waals surface area contributed by atoms with E-state index in [-0.39, 0.29) is 11.1 Å². The van der Waals surface area contributed by atoms with E-state index in [0.29, 0.717) is 0 Å². The van der Waals surface area contributed by atoms with Gasteiger partial charge in [0.25, 0.3) is 12.3 Å². The van der Waals surface area contributed by atoms with Gasteiger partial charge in [-0.15, -0.1) is 0 Å². The summed E-state index contributed by atoms with van der Waals surface area (Å²) in [6, 6.07) is 1.04. The van der Waals surface area contributed by atoms with Crippen molar-refractivity contribution in [1.29, 1.82) is 0 Å². The topological polar surface area (TPSA) is 68.0 Å². The lowest BCUT2D eigenvalue weighted by atomic mass is 10.2. The van der Waals surface area contributed by atoms with Crippen LogP contribution < -0.4 is 11.3 Å². The largest absolute Gasteiger partial charge is 0.290 e. The third-order valence-corrected chi connectivity index (χ3v) is 1.40. The first-order valence-corrected chi connectivity index (χ1v) is 3.39. The van der Waals surface area contributed by atoms with Crippen LogP contribution in [-0.2, 0) is 0 Å². The van der Waals surface area contributed by atoms with Crippen molar-refractivity contribution in [2.45, 2.75) is 6.43 Å². The Labute approximate surface area is 72.7 Å². The van der Waals surface area contributed by atoms with Crippen molar-refractivity contribution in [2.24, 2.45) is 5.84 Å². The summed E-state index contributed by atoms with van der Waals surface area (Å²) in [5, 5.41) is 0. The number of nitrogens with one attached hydrogen (secondary N) is 1. The van der Waals surface area contributed by atoms with Gasteiger partial charge in [0.15, 0.2) is 0 Å². The molecule has 0 aromatic carbocycles. The van der Waals surface area contributed by atoms with Gasteiger partial charge in [-0.2, -0.15) is 0 Å². The molecule has 0 radical (unpaired) electrons. The molecule has 1 rings (SSSR count). The Hall–Kier alpha value is -1.56. The number of hydrogen-bond donors (Lipinski definition) is 2. The first-order chi connectivity index (χ1) is 6.15. The number of nitrogens with two attached hydrogens (primary N) is 1. The fourth-order valence-electron chi connectivity index (χ4n) is 0.785. The first-order valence-electron chi connectivity index (χ1n) is 3.39. The number of pyridine rings is 1. The number of rotatable bonds is 2. The molecule has 1 heterocycles. The maximum Gasteiger partial charge on any atom is 0.266 e. The zero-order valence-electron chi connectivity index (χ0n) is 6.50. The molecule has 1 aromatic heterocycles. The van der Waals surface area contributed by atoms with Crippen LogP contribution in [0.1, 0.15) is 22.3 Å². The van der Waals surface area contributed by atoms with Crippen molar-refractivity contribution >= 4 is 5.91 Å². The number of halogens is 2. The van der Waals surface area contributed by atoms with Gasteiger partial charge in [-0.05, 0) is 6.07 Å². The Morgan fingerprint density at radius 1 is 1.54 bits per heavy atom. The summed E-state index contributed by atoms with van der Waals surface area (Å²) < 4.78 is 24.2. The van der Waals surface area contributed by atoms with E-state index >= 15 is 0 Å². The highest BCUT2D eigenvalue weighted by Crippen LogP contribution is 2.17. The van der Waals surface area contributed by atoms with Crippen molar-refractivity contribution in [3.8, 4) is 0 Å². The maximum absolute atomic E-state index is 12.1. The summed E-state index contributed by atoms with van der Waals surface area (Å²) in [5.41, 5.74) is 1.53. The van der Waals surface area contributed by atoms with Crippen LogP contribution in [0.25, 0.3) is 0 Å². The van der Waals surface area contributed by atoms with Crippen molar-refractivity contribution in [2.75, 3.05) is 0 Å². The van der Waals surface area contributed by atoms with E-state index in [9.17, 15) is 13.6 Å². The minimum Gasteiger partial charge on any atom is -0.290 e. The SMILES string of the molecule is NNC(=O)c1cncc(C(F)F)c1. The number of nitrogen functional groups attached to an aromatic ring is 1. The lowest BCUT2D eigenvalue weighted by molar-refractivity contribution is 0.0952. The second-order valence-electron chi connectivity index (χ2n) is 2.28. The molecule has 0 bridgehead atoms. The minimum atomic E-state index is -2.64. The summed E-state index contributed by atoms with van der Waals surface area (Å²) in [6.07, 6.45) is -0.482. The smallest absolute Gasteiger partial charge is 0.266 e. The van der Waals surface area contributed by atoms with E-state index in [1.807, 2.05) is 5.43 Å². The van der Waals surface area contributed by atoms with Gasteiger partial charge >= 0.3 is 0 Å². The van der Waals surface area contributed by atoms with Crippen molar-refractivity contribution in [3.63, 3.8) is 0 Å². The second-order valence-corrected chi connectivity index (χ2v) is 2.28. The van der Waals surface area contributed by atoms with E-state index in [4.69, 9.17) is 5.84 Å². The molecule has 0 fully saturated rings. The van der Waals surface area contributed by atoms with Gasteiger partial charge in [-0.3, -0.25) is 15.2 Å². The molecule has 3 N–H and O–H groups in total. The fraction of sp³-hybridized carbons (Fsp3) is 0.143. The minimum absolute atomic E-state index is 0.0142. The molecule has 0 spiro atoms. The van der Waals surface area contributed by atoms with E-state index in [1.165, 1.54) is 0 Å². The fourth-order valence-corrected chi connectivity index (χ4v) is 0.785. The standard InChI is InChI=1S/C7H7F2N3O/c8-6(9)4-1-5(3-11-2-4)7(13)12-10/h1-3,6H,10H2,(H,12,13). The van der Waals surface area contributed by atoms with Crippen LogP contribution in [0.2, 0.25) is 0 Å². The molecule has 70 valence electrons. The summed E-state index contributed by atoms with van der Waals surface area (Å²) in [4.78, 5) is 14.3. The highest BCUT2D eigenvalue weighted by atomic mass is 19.3. The Kier molecular flexibility index (Phi) is 2.86. The van der Waals surface area contributed by atoms with Crippen LogP contribution in [0.3, 0.4) is 0 Å². The molecular formula is C7H7F2N3O. The molecule has 0 saturated heterocycles. The number of nitrogens with zero attached hydrogens (tertiary/aromatic N) is 1. The molecule has 6 heteroatoms. The maximum atomic E-state index is 12.1. The second kappa shape index (κ2) is 3.90. The number of amides is 1. The zero-order chi connectivity index (χ0) is 9.84. The molecule has 0 aliphatic rings. The zero-order valence-corrected chi connectivity index (χ0v) is 6.50. The molecule has 0 saturated carbocycles. The lowest BCUT2D eigenvalue weighted by Crippen LogP contribution is -2.30. The molecule has 4 nitrogen and oxygen atoms in total. The Morgan fingerprint density at radius 2 is 2.23 bits per heavy atom. The van der Waals surface area contributed by atoms with E-state index in [1.54, 1.807) is 0 Å². The highest BCUT2D eigenvalue weighted by molar-refractivity contribution is 5.93. The number of alkyl halides is 2. The summed E-state index contributed by atoms with van der Waals surface area (Å²) >= 11 is 0. The summed E-state index contributed by atoms with van der Waals surface area (Å²) in [5.74, 6) is 4.17. The van der Waals surface area contributed by atoms with Gasteiger partial charge in [0.05, 0.1) is 5.56 Å². The summed E-state index contributed by atoms with van der Waals surface area (Å²) in [6.45, 7) is 0. The van der Waals surface area contributed by atoms with Gasteiger partial charge < -0.3 is 0 Å². The Bertz CT molecular complexity index is 316. The van der Waals surface area contributed by atoms with Crippen LogP contribution in [0.15, 0.2) is 18.5 Å². The van der Waals surface area contributed by atoms with Crippen LogP contribution >= 0.6 is 0 Å². The van der Waals surface area contributed by atoms with Crippen LogP contribution in [0.5, 0.6) is 0 Å². The number of aromatic nitrogens is 1. The Morgan fingerprint density at radius 3 is 2.77 bits per heavy atom. The predicted molar refractivity (Wildman–Crippen MR) is 40.8 cm³/mol. The normalized spacial score (nSPS) is 10.2. The number of carbonyl (C=O) groups excluding carboxylic acids is 1. The van der Waals surface area contributed by atoms with E-state index < -0.39 is 12.3 Å². The van der Waals surface area contributed by atoms with Crippen LogP contribution in [-0.4, -0.2) is 10.9 Å². The van der Waals surface area contributed by atoms with Gasteiger partial charge in [0.1, 0.15) is 0 Å². The van der Waals surface area contributed by atoms with Crippen LogP contribution in [0.4, 0.5) is 8.78 Å². The van der Waals surface area contributed by atoms with E-state index in [2.05, 4.69) is 4.98 Å². The average molecular weight is 187 g/mol. The average Bonchev–Trinajstić information content (AvgIpc) is 2.17. The molecule has 0 aliphatic heterocycles. The number of hydrazine groups is 1. The number of carbonyl (C=O) groups is 1. The monoisotopic (exact) mass is 187 g/mol. The van der Waals surface area contributed by atoms with Gasteiger partial charge in [-0.25, -0.2) is 14.6 Å². The molecule has 13 heavy (non-hydrogen) atoms. The molecule has 0 aliphatic carbocycles. The molecule has 1 amide bonds. The van der Waals surface area contributed by atoms with Gasteiger partial charge in [0, 0.05) is 18.0 Å². The third-order valence-electron chi connectivity index (χ3n) is 1.40. The van der Waals surface area contributed by atoms with Crippen LogP contribution in [0, 0.1) is 0 Å². The molecule has 0 atom stereocenters. The molecule has 1 aromatic rings. The summed E-state index contributed by atoms with van der Waals surface area (Å²) in [7, 11) is 0. The molecule has 0 unspecified atom stereocenters. The van der Waals surface area contributed by atoms with Crippen molar-refractivity contribution < 1.29 is 13.6 Å². The van der Waals surface area contributed by atoms with E-state index in [0.717, 1.165) is 18.5 Å². The van der Waals surface area contributed by atoms with Gasteiger partial charge in [0.2, 0.25) is 0 Å². The Balaban J connectivity index is 2.98. The molecular weight excluding hydrogens is 180 g/mol. The lowest BCUT2D eigenvalue weighted by Gasteiger charge is -2.01. The predicted octanol–water partition coefficient (Wildman–Crippen LogP) is 0.623. The van der Waals surface area contributed by atoms with Gasteiger partial charge in [-0.1, -0.05) is 0 Å². The van der Waals surface area contributed by atoms with Crippen molar-refractivity contribution in [1.82, 2.24) is 10.4 Å². The quantitative estimate of drug-likeness (QED) is 0.405. The number of hydrogen-bond acceptors (Lipinski definition) is 3. The van der Waals surface area contributed by atoms with Crippen molar-refractivity contribution in [3.05, 3.63) is 29.6 Å². The first kappa shape index (κ1) is 9.53. The highest BCUT2D eigenvalue weighted by Gasteiger charge is 2.10. The third kappa shape index (κ3) is 2.19.